The molecular weight excluding hydrogens is 266 g/mol. The van der Waals surface area contributed by atoms with Crippen molar-refractivity contribution in [3.8, 4) is 6.01 Å². The van der Waals surface area contributed by atoms with Gasteiger partial charge in [-0.25, -0.2) is 9.97 Å². The topological polar surface area (TPSA) is 64.1 Å². The fourth-order valence-corrected chi connectivity index (χ4v) is 1.59. The second-order valence-corrected chi connectivity index (χ2v) is 4.19. The van der Waals surface area contributed by atoms with Gasteiger partial charge in [0.2, 0.25) is 0 Å². The zero-order valence-electron chi connectivity index (χ0n) is 10.3. The highest BCUT2D eigenvalue weighted by molar-refractivity contribution is 6.31. The van der Waals surface area contributed by atoms with E-state index in [9.17, 15) is 4.79 Å². The molecule has 0 fully saturated rings. The Kier molecular flexibility index (Phi) is 4.30. The van der Waals surface area contributed by atoms with E-state index in [0.717, 1.165) is 5.56 Å². The standard InChI is InChI=1S/C13H12ClN3O2/c1-9-10(14)4-2-5-11(9)17-12(18)8-19-13-15-6-3-7-16-13/h2-7H,8H2,1H3,(H,17,18). The summed E-state index contributed by atoms with van der Waals surface area (Å²) in [6.07, 6.45) is 3.09. The second kappa shape index (κ2) is 6.15. The summed E-state index contributed by atoms with van der Waals surface area (Å²) < 4.78 is 5.14. The number of carbonyl (C=O) groups excluding carboxylic acids is 1. The third-order valence-corrected chi connectivity index (χ3v) is 2.83. The van der Waals surface area contributed by atoms with Gasteiger partial charge < -0.3 is 10.1 Å². The summed E-state index contributed by atoms with van der Waals surface area (Å²) in [7, 11) is 0. The lowest BCUT2D eigenvalue weighted by molar-refractivity contribution is -0.118. The van der Waals surface area contributed by atoms with Crippen LogP contribution in [0.2, 0.25) is 5.02 Å². The third-order valence-electron chi connectivity index (χ3n) is 2.42. The Morgan fingerprint density at radius 2 is 2.05 bits per heavy atom. The molecule has 0 aliphatic heterocycles. The molecule has 0 saturated heterocycles. The van der Waals surface area contributed by atoms with Crippen molar-refractivity contribution in [1.29, 1.82) is 0 Å². The van der Waals surface area contributed by atoms with E-state index in [2.05, 4.69) is 15.3 Å². The summed E-state index contributed by atoms with van der Waals surface area (Å²) in [6.45, 7) is 1.68. The largest absolute Gasteiger partial charge is 0.453 e. The molecule has 0 radical (unpaired) electrons. The van der Waals surface area contributed by atoms with Gasteiger partial charge in [-0.3, -0.25) is 4.79 Å². The van der Waals surface area contributed by atoms with E-state index in [1.807, 2.05) is 6.92 Å². The number of hydrogen-bond acceptors (Lipinski definition) is 4. The first kappa shape index (κ1) is 13.3. The van der Waals surface area contributed by atoms with Crippen LogP contribution in [0, 0.1) is 6.92 Å². The van der Waals surface area contributed by atoms with Crippen molar-refractivity contribution in [2.45, 2.75) is 6.92 Å². The maximum atomic E-state index is 11.7. The normalized spacial score (nSPS) is 10.0. The summed E-state index contributed by atoms with van der Waals surface area (Å²) in [4.78, 5) is 19.4. The SMILES string of the molecule is Cc1c(Cl)cccc1NC(=O)COc1ncccn1. The predicted octanol–water partition coefficient (Wildman–Crippen LogP) is 2.46. The molecule has 0 bridgehead atoms. The van der Waals surface area contributed by atoms with Crippen LogP contribution in [0.4, 0.5) is 5.69 Å². The first-order chi connectivity index (χ1) is 9.16. The minimum Gasteiger partial charge on any atom is -0.453 e. The number of rotatable bonds is 4. The zero-order chi connectivity index (χ0) is 13.7. The first-order valence-corrected chi connectivity index (χ1v) is 5.99. The number of nitrogens with zero attached hydrogens (tertiary/aromatic N) is 2. The molecule has 0 atom stereocenters. The molecule has 1 heterocycles. The molecule has 0 spiro atoms. The lowest BCUT2D eigenvalue weighted by atomic mass is 10.2. The molecule has 5 nitrogen and oxygen atoms in total. The van der Waals surface area contributed by atoms with Crippen LogP contribution in [0.15, 0.2) is 36.7 Å². The molecule has 1 aromatic heterocycles. The number of amides is 1. The van der Waals surface area contributed by atoms with Gasteiger partial charge in [0, 0.05) is 23.1 Å². The van der Waals surface area contributed by atoms with Gasteiger partial charge in [0.25, 0.3) is 5.91 Å². The third kappa shape index (κ3) is 3.66. The maximum Gasteiger partial charge on any atom is 0.316 e. The average Bonchev–Trinajstić information content (AvgIpc) is 2.43. The first-order valence-electron chi connectivity index (χ1n) is 5.61. The van der Waals surface area contributed by atoms with Crippen molar-refractivity contribution in [2.75, 3.05) is 11.9 Å². The van der Waals surface area contributed by atoms with Gasteiger partial charge in [0.05, 0.1) is 0 Å². The van der Waals surface area contributed by atoms with Crippen LogP contribution in [0.5, 0.6) is 6.01 Å². The molecule has 1 amide bonds. The fourth-order valence-electron chi connectivity index (χ4n) is 1.42. The Hall–Kier alpha value is -2.14. The molecule has 6 heteroatoms. The number of aromatic nitrogens is 2. The summed E-state index contributed by atoms with van der Waals surface area (Å²) in [5, 5.41) is 3.32. The van der Waals surface area contributed by atoms with E-state index in [1.165, 1.54) is 0 Å². The van der Waals surface area contributed by atoms with Gasteiger partial charge in [-0.1, -0.05) is 17.7 Å². The van der Waals surface area contributed by atoms with E-state index >= 15 is 0 Å². The number of anilines is 1. The van der Waals surface area contributed by atoms with Crippen molar-refractivity contribution in [1.82, 2.24) is 9.97 Å². The van der Waals surface area contributed by atoms with Crippen molar-refractivity contribution >= 4 is 23.2 Å². The van der Waals surface area contributed by atoms with Crippen LogP contribution in [-0.2, 0) is 4.79 Å². The van der Waals surface area contributed by atoms with Gasteiger partial charge in [-0.15, -0.1) is 0 Å². The molecule has 98 valence electrons. The fraction of sp³-hybridized carbons (Fsp3) is 0.154. The minimum atomic E-state index is -0.294. The number of halogens is 1. The van der Waals surface area contributed by atoms with Crippen molar-refractivity contribution in [3.63, 3.8) is 0 Å². The molecule has 2 rings (SSSR count). The van der Waals surface area contributed by atoms with Crippen LogP contribution < -0.4 is 10.1 Å². The monoisotopic (exact) mass is 277 g/mol. The van der Waals surface area contributed by atoms with E-state index in [-0.39, 0.29) is 18.5 Å². The summed E-state index contributed by atoms with van der Waals surface area (Å²) in [6, 6.07) is 7.15. The van der Waals surface area contributed by atoms with Crippen molar-refractivity contribution in [2.24, 2.45) is 0 Å². The van der Waals surface area contributed by atoms with Gasteiger partial charge in [-0.2, -0.15) is 0 Å². The van der Waals surface area contributed by atoms with Crippen LogP contribution in [-0.4, -0.2) is 22.5 Å². The molecule has 0 aliphatic carbocycles. The summed E-state index contributed by atoms with van der Waals surface area (Å²) in [5.41, 5.74) is 1.48. The van der Waals surface area contributed by atoms with Gasteiger partial charge in [-0.05, 0) is 30.7 Å². The van der Waals surface area contributed by atoms with Crippen LogP contribution >= 0.6 is 11.6 Å². The number of benzene rings is 1. The van der Waals surface area contributed by atoms with Crippen molar-refractivity contribution < 1.29 is 9.53 Å². The summed E-state index contributed by atoms with van der Waals surface area (Å²) >= 11 is 5.97. The van der Waals surface area contributed by atoms with Crippen LogP contribution in [0.1, 0.15) is 5.56 Å². The van der Waals surface area contributed by atoms with E-state index in [1.54, 1.807) is 36.7 Å². The maximum absolute atomic E-state index is 11.7. The van der Waals surface area contributed by atoms with Gasteiger partial charge in [0.1, 0.15) is 0 Å². The molecular formula is C13H12ClN3O2. The lowest BCUT2D eigenvalue weighted by Gasteiger charge is -2.09. The van der Waals surface area contributed by atoms with E-state index in [4.69, 9.17) is 16.3 Å². The van der Waals surface area contributed by atoms with Crippen molar-refractivity contribution in [3.05, 3.63) is 47.2 Å². The molecule has 0 saturated carbocycles. The highest BCUT2D eigenvalue weighted by Gasteiger charge is 2.08. The number of nitrogens with one attached hydrogen (secondary N) is 1. The Morgan fingerprint density at radius 1 is 1.32 bits per heavy atom. The molecule has 1 aromatic carbocycles. The molecule has 0 unspecified atom stereocenters. The molecule has 19 heavy (non-hydrogen) atoms. The van der Waals surface area contributed by atoms with E-state index < -0.39 is 0 Å². The van der Waals surface area contributed by atoms with Gasteiger partial charge in [0.15, 0.2) is 6.61 Å². The smallest absolute Gasteiger partial charge is 0.316 e. The second-order valence-electron chi connectivity index (χ2n) is 3.78. The zero-order valence-corrected chi connectivity index (χ0v) is 11.0. The number of carbonyl (C=O) groups is 1. The Morgan fingerprint density at radius 3 is 2.79 bits per heavy atom. The van der Waals surface area contributed by atoms with Crippen LogP contribution in [0.25, 0.3) is 0 Å². The highest BCUT2D eigenvalue weighted by atomic mass is 35.5. The number of hydrogen-bond donors (Lipinski definition) is 1. The number of ether oxygens (including phenoxy) is 1. The lowest BCUT2D eigenvalue weighted by Crippen LogP contribution is -2.21. The van der Waals surface area contributed by atoms with E-state index in [0.29, 0.717) is 10.7 Å². The quantitative estimate of drug-likeness (QED) is 0.932. The van der Waals surface area contributed by atoms with Crippen LogP contribution in [0.3, 0.4) is 0 Å². The minimum absolute atomic E-state index is 0.157. The Labute approximate surface area is 115 Å². The average molecular weight is 278 g/mol. The molecule has 2 aromatic rings. The Bertz CT molecular complexity index is 575. The molecule has 0 aliphatic rings. The Balaban J connectivity index is 1.93. The van der Waals surface area contributed by atoms with Gasteiger partial charge >= 0.3 is 6.01 Å². The summed E-state index contributed by atoms with van der Waals surface area (Å²) in [5.74, 6) is -0.294. The highest BCUT2D eigenvalue weighted by Crippen LogP contribution is 2.22. The predicted molar refractivity (Wildman–Crippen MR) is 72.3 cm³/mol. The molecule has 1 N–H and O–H groups in total.